The topological polar surface area (TPSA) is 52.9 Å². The van der Waals surface area contributed by atoms with Gasteiger partial charge in [0.05, 0.1) is 20.3 Å². The summed E-state index contributed by atoms with van der Waals surface area (Å²) in [6.07, 6.45) is 3.88. The van der Waals surface area contributed by atoms with Gasteiger partial charge in [-0.2, -0.15) is 0 Å². The molecule has 2 aromatic rings. The predicted molar refractivity (Wildman–Crippen MR) is 93.5 cm³/mol. The Morgan fingerprint density at radius 2 is 2.12 bits per heavy atom. The normalized spacial score (nSPS) is 21.8. The number of likely N-dealkylation sites (tertiary alicyclic amines) is 1. The number of methoxy groups -OCH3 is 1. The van der Waals surface area contributed by atoms with Crippen molar-refractivity contribution in [3.8, 4) is 5.75 Å². The maximum atomic E-state index is 12.8. The molecule has 2 saturated heterocycles. The number of fused-ring (bicyclic) bond motifs is 1. The second-order valence-corrected chi connectivity index (χ2v) is 6.72. The summed E-state index contributed by atoms with van der Waals surface area (Å²) in [4.78, 5) is 14.7. The summed E-state index contributed by atoms with van der Waals surface area (Å²) >= 11 is 0. The zero-order chi connectivity index (χ0) is 17.2. The Labute approximate surface area is 147 Å². The molecule has 1 unspecified atom stereocenters. The molecule has 6 heteroatoms. The van der Waals surface area contributed by atoms with E-state index in [4.69, 9.17) is 14.2 Å². The van der Waals surface area contributed by atoms with E-state index >= 15 is 0 Å². The van der Waals surface area contributed by atoms with Crippen LogP contribution in [0.25, 0.3) is 10.9 Å². The van der Waals surface area contributed by atoms with Crippen LogP contribution in [0.5, 0.6) is 5.75 Å². The van der Waals surface area contributed by atoms with Crippen LogP contribution in [0.4, 0.5) is 0 Å². The van der Waals surface area contributed by atoms with Gasteiger partial charge in [-0.3, -0.25) is 4.79 Å². The lowest BCUT2D eigenvalue weighted by Crippen LogP contribution is -2.44. The van der Waals surface area contributed by atoms with Crippen molar-refractivity contribution >= 4 is 16.8 Å². The second kappa shape index (κ2) is 7.06. The zero-order valence-electron chi connectivity index (χ0n) is 14.5. The molecular weight excluding hydrogens is 320 g/mol. The highest BCUT2D eigenvalue weighted by atomic mass is 16.7. The average Bonchev–Trinajstić information content (AvgIpc) is 3.32. The van der Waals surface area contributed by atoms with Gasteiger partial charge in [-0.1, -0.05) is 0 Å². The molecule has 2 aliphatic heterocycles. The van der Waals surface area contributed by atoms with E-state index in [1.807, 2.05) is 39.9 Å². The molecule has 2 fully saturated rings. The van der Waals surface area contributed by atoms with Crippen molar-refractivity contribution < 1.29 is 19.0 Å². The van der Waals surface area contributed by atoms with Gasteiger partial charge in [-0.15, -0.1) is 0 Å². The lowest BCUT2D eigenvalue weighted by atomic mass is 9.97. The highest BCUT2D eigenvalue weighted by Gasteiger charge is 2.32. The van der Waals surface area contributed by atoms with Gasteiger partial charge < -0.3 is 23.7 Å². The highest BCUT2D eigenvalue weighted by molar-refractivity contribution is 5.84. The van der Waals surface area contributed by atoms with Crippen molar-refractivity contribution in [3.63, 3.8) is 0 Å². The minimum Gasteiger partial charge on any atom is -0.497 e. The third-order valence-electron chi connectivity index (χ3n) is 5.13. The molecule has 0 spiro atoms. The monoisotopic (exact) mass is 344 g/mol. The number of piperidine rings is 1. The van der Waals surface area contributed by atoms with Crippen LogP contribution in [0.3, 0.4) is 0 Å². The Kier molecular flexibility index (Phi) is 4.63. The molecule has 0 saturated carbocycles. The molecule has 1 atom stereocenters. The molecule has 3 heterocycles. The van der Waals surface area contributed by atoms with Crippen molar-refractivity contribution in [2.24, 2.45) is 5.92 Å². The molecule has 2 aliphatic rings. The van der Waals surface area contributed by atoms with Crippen LogP contribution in [-0.2, 0) is 20.8 Å². The number of carbonyl (C=O) groups excluding carboxylic acids is 1. The summed E-state index contributed by atoms with van der Waals surface area (Å²) in [6.45, 7) is 3.21. The Balaban J connectivity index is 1.44. The highest BCUT2D eigenvalue weighted by Crippen LogP contribution is 2.26. The summed E-state index contributed by atoms with van der Waals surface area (Å²) < 4.78 is 18.5. The van der Waals surface area contributed by atoms with Crippen molar-refractivity contribution in [2.75, 3.05) is 33.4 Å². The summed E-state index contributed by atoms with van der Waals surface area (Å²) in [5, 5.41) is 1.08. The van der Waals surface area contributed by atoms with E-state index in [0.717, 1.165) is 42.6 Å². The van der Waals surface area contributed by atoms with Gasteiger partial charge in [0.15, 0.2) is 6.29 Å². The van der Waals surface area contributed by atoms with Crippen LogP contribution in [-0.4, -0.2) is 55.1 Å². The first-order chi connectivity index (χ1) is 12.2. The Bertz CT molecular complexity index is 751. The fourth-order valence-corrected chi connectivity index (χ4v) is 3.80. The average molecular weight is 344 g/mol. The molecule has 1 aromatic carbocycles. The summed E-state index contributed by atoms with van der Waals surface area (Å²) in [5.41, 5.74) is 1.05. The number of aromatic nitrogens is 1. The van der Waals surface area contributed by atoms with Crippen molar-refractivity contribution in [2.45, 2.75) is 25.7 Å². The van der Waals surface area contributed by atoms with Crippen molar-refractivity contribution in [1.29, 1.82) is 0 Å². The number of nitrogens with zero attached hydrogens (tertiary/aromatic N) is 2. The van der Waals surface area contributed by atoms with Crippen LogP contribution in [0.15, 0.2) is 30.5 Å². The fourth-order valence-electron chi connectivity index (χ4n) is 3.80. The van der Waals surface area contributed by atoms with E-state index in [1.165, 1.54) is 0 Å². The number of amides is 1. The van der Waals surface area contributed by atoms with Gasteiger partial charge in [0.1, 0.15) is 12.3 Å². The number of ether oxygens (including phenoxy) is 3. The van der Waals surface area contributed by atoms with Crippen molar-refractivity contribution in [3.05, 3.63) is 30.5 Å². The molecule has 0 N–H and O–H groups in total. The smallest absolute Gasteiger partial charge is 0.242 e. The molecule has 0 bridgehead atoms. The largest absolute Gasteiger partial charge is 0.497 e. The third kappa shape index (κ3) is 3.37. The molecule has 1 amide bonds. The predicted octanol–water partition coefficient (Wildman–Crippen LogP) is 2.26. The lowest BCUT2D eigenvalue weighted by molar-refractivity contribution is -0.139. The number of carbonyl (C=O) groups is 1. The summed E-state index contributed by atoms with van der Waals surface area (Å²) in [5.74, 6) is 1.26. The lowest BCUT2D eigenvalue weighted by Gasteiger charge is -2.34. The molecular formula is C19H24N2O4. The van der Waals surface area contributed by atoms with Gasteiger partial charge in [0.2, 0.25) is 5.91 Å². The van der Waals surface area contributed by atoms with Gasteiger partial charge >= 0.3 is 0 Å². The van der Waals surface area contributed by atoms with E-state index in [0.29, 0.717) is 19.8 Å². The standard InChI is InChI=1S/C19H24N2O4/c1-23-16-4-5-17-14(11-16)6-8-20(17)13-18(22)21-7-2-3-15(12-21)19-24-9-10-25-19/h4-6,8,11,15,19H,2-3,7,9-10,12-13H2,1H3. The van der Waals surface area contributed by atoms with Crippen LogP contribution < -0.4 is 4.74 Å². The van der Waals surface area contributed by atoms with Gasteiger partial charge in [0, 0.05) is 36.1 Å². The molecule has 25 heavy (non-hydrogen) atoms. The van der Waals surface area contributed by atoms with Crippen LogP contribution in [0, 0.1) is 5.92 Å². The first-order valence-corrected chi connectivity index (χ1v) is 8.88. The van der Waals surface area contributed by atoms with Crippen LogP contribution in [0.2, 0.25) is 0 Å². The number of hydrogen-bond donors (Lipinski definition) is 0. The Morgan fingerprint density at radius 1 is 1.28 bits per heavy atom. The van der Waals surface area contributed by atoms with Gasteiger partial charge in [-0.05, 0) is 37.1 Å². The molecule has 134 valence electrons. The van der Waals surface area contributed by atoms with Crippen LogP contribution >= 0.6 is 0 Å². The minimum atomic E-state index is -0.143. The first kappa shape index (κ1) is 16.4. The van der Waals surface area contributed by atoms with E-state index in [1.54, 1.807) is 7.11 Å². The van der Waals surface area contributed by atoms with Crippen LogP contribution in [0.1, 0.15) is 12.8 Å². The van der Waals surface area contributed by atoms with Crippen molar-refractivity contribution in [1.82, 2.24) is 9.47 Å². The molecule has 1 aromatic heterocycles. The number of benzene rings is 1. The number of hydrogen-bond acceptors (Lipinski definition) is 4. The van der Waals surface area contributed by atoms with Gasteiger partial charge in [-0.25, -0.2) is 0 Å². The molecule has 6 nitrogen and oxygen atoms in total. The van der Waals surface area contributed by atoms with E-state index in [-0.39, 0.29) is 18.1 Å². The molecule has 4 rings (SSSR count). The molecule has 0 radical (unpaired) electrons. The third-order valence-corrected chi connectivity index (χ3v) is 5.13. The van der Waals surface area contributed by atoms with E-state index in [2.05, 4.69) is 0 Å². The van der Waals surface area contributed by atoms with Gasteiger partial charge in [0.25, 0.3) is 0 Å². The Morgan fingerprint density at radius 3 is 2.92 bits per heavy atom. The number of rotatable bonds is 4. The fraction of sp³-hybridized carbons (Fsp3) is 0.526. The zero-order valence-corrected chi connectivity index (χ0v) is 14.5. The first-order valence-electron chi connectivity index (χ1n) is 8.88. The second-order valence-electron chi connectivity index (χ2n) is 6.72. The minimum absolute atomic E-state index is 0.143. The van der Waals surface area contributed by atoms with E-state index < -0.39 is 0 Å². The van der Waals surface area contributed by atoms with E-state index in [9.17, 15) is 4.79 Å². The quantitative estimate of drug-likeness (QED) is 0.854. The summed E-state index contributed by atoms with van der Waals surface area (Å²) in [6, 6.07) is 7.93. The molecule has 0 aliphatic carbocycles. The Hall–Kier alpha value is -2.05. The maximum absolute atomic E-state index is 12.8. The SMILES string of the molecule is COc1ccc2c(ccn2CC(=O)N2CCCC(C3OCCO3)C2)c1. The summed E-state index contributed by atoms with van der Waals surface area (Å²) in [7, 11) is 1.66. The maximum Gasteiger partial charge on any atom is 0.242 e.